The zero-order valence-electron chi connectivity index (χ0n) is 11.3. The van der Waals surface area contributed by atoms with E-state index in [2.05, 4.69) is 11.4 Å². The fourth-order valence-corrected chi connectivity index (χ4v) is 4.63. The van der Waals surface area contributed by atoms with Gasteiger partial charge in [-0.25, -0.2) is 0 Å². The second kappa shape index (κ2) is 4.64. The fourth-order valence-electron chi connectivity index (χ4n) is 3.62. The number of thiophene rings is 1. The van der Waals surface area contributed by atoms with Crippen molar-refractivity contribution in [3.63, 3.8) is 0 Å². The van der Waals surface area contributed by atoms with Crippen LogP contribution in [-0.4, -0.2) is 5.91 Å². The van der Waals surface area contributed by atoms with Crippen molar-refractivity contribution < 1.29 is 4.79 Å². The summed E-state index contributed by atoms with van der Waals surface area (Å²) in [6.07, 6.45) is 4.78. The van der Waals surface area contributed by atoms with Gasteiger partial charge in [0.05, 0.1) is 5.56 Å². The number of hydrogen-bond acceptors (Lipinski definition) is 3. The first kappa shape index (κ1) is 12.7. The Morgan fingerprint density at radius 1 is 1.37 bits per heavy atom. The number of nitrogens with one attached hydrogen (secondary N) is 1. The van der Waals surface area contributed by atoms with Crippen molar-refractivity contribution in [2.45, 2.75) is 39.5 Å². The Hall–Kier alpha value is -1.34. The van der Waals surface area contributed by atoms with Crippen molar-refractivity contribution in [2.75, 3.05) is 5.32 Å². The van der Waals surface area contributed by atoms with E-state index in [1.165, 1.54) is 30.6 Å². The number of hydrogen-bond donors (Lipinski definition) is 1. The van der Waals surface area contributed by atoms with Crippen molar-refractivity contribution in [1.29, 1.82) is 5.26 Å². The third kappa shape index (κ3) is 2.06. The first-order chi connectivity index (χ1) is 9.10. The van der Waals surface area contributed by atoms with Crippen LogP contribution < -0.4 is 5.32 Å². The molecule has 1 N–H and O–H groups in total. The van der Waals surface area contributed by atoms with Crippen LogP contribution in [0.25, 0.3) is 0 Å². The van der Waals surface area contributed by atoms with Crippen LogP contribution in [0.5, 0.6) is 0 Å². The van der Waals surface area contributed by atoms with Crippen LogP contribution in [0.15, 0.2) is 0 Å². The fraction of sp³-hybridized carbons (Fsp3) is 0.600. The first-order valence-electron chi connectivity index (χ1n) is 6.91. The lowest BCUT2D eigenvalue weighted by molar-refractivity contribution is -0.121. The molecule has 3 atom stereocenters. The Morgan fingerprint density at radius 2 is 2.16 bits per heavy atom. The van der Waals surface area contributed by atoms with Crippen molar-refractivity contribution in [3.05, 3.63) is 16.0 Å². The molecule has 2 aliphatic rings. The van der Waals surface area contributed by atoms with Crippen LogP contribution in [0.1, 0.15) is 41.7 Å². The van der Waals surface area contributed by atoms with E-state index in [1.807, 2.05) is 13.8 Å². The molecule has 4 heteroatoms. The first-order valence-corrected chi connectivity index (χ1v) is 7.72. The molecule has 1 aromatic heterocycles. The molecule has 2 saturated carbocycles. The van der Waals surface area contributed by atoms with Crippen LogP contribution in [0.3, 0.4) is 0 Å². The average molecular weight is 274 g/mol. The Bertz CT molecular complexity index is 569. The van der Waals surface area contributed by atoms with Crippen LogP contribution in [-0.2, 0) is 4.79 Å². The lowest BCUT2D eigenvalue weighted by Crippen LogP contribution is -2.27. The van der Waals surface area contributed by atoms with Gasteiger partial charge in [0.25, 0.3) is 0 Å². The molecule has 3 rings (SSSR count). The number of anilines is 1. The van der Waals surface area contributed by atoms with E-state index in [-0.39, 0.29) is 11.8 Å². The number of carbonyl (C=O) groups is 1. The van der Waals surface area contributed by atoms with E-state index in [0.29, 0.717) is 11.5 Å². The summed E-state index contributed by atoms with van der Waals surface area (Å²) in [4.78, 5) is 13.5. The Labute approximate surface area is 117 Å². The molecule has 1 amide bonds. The molecule has 0 aliphatic heterocycles. The summed E-state index contributed by atoms with van der Waals surface area (Å²) in [6.45, 7) is 3.94. The lowest BCUT2D eigenvalue weighted by Gasteiger charge is -2.20. The van der Waals surface area contributed by atoms with Crippen molar-refractivity contribution in [1.82, 2.24) is 0 Å². The van der Waals surface area contributed by atoms with Crippen LogP contribution in [0.2, 0.25) is 0 Å². The summed E-state index contributed by atoms with van der Waals surface area (Å²) in [5.41, 5.74) is 1.63. The largest absolute Gasteiger partial charge is 0.316 e. The number of carbonyl (C=O) groups excluding carboxylic acids is 1. The Kier molecular flexibility index (Phi) is 3.10. The molecule has 19 heavy (non-hydrogen) atoms. The van der Waals surface area contributed by atoms with Gasteiger partial charge in [-0.05, 0) is 50.5 Å². The maximum atomic E-state index is 12.4. The highest BCUT2D eigenvalue weighted by molar-refractivity contribution is 7.16. The summed E-state index contributed by atoms with van der Waals surface area (Å²) in [5, 5.41) is 12.9. The van der Waals surface area contributed by atoms with Crippen molar-refractivity contribution >= 4 is 22.2 Å². The quantitative estimate of drug-likeness (QED) is 0.895. The predicted molar refractivity (Wildman–Crippen MR) is 76.1 cm³/mol. The normalized spacial score (nSPS) is 28.4. The lowest BCUT2D eigenvalue weighted by atomic mass is 9.88. The molecular weight excluding hydrogens is 256 g/mol. The van der Waals surface area contributed by atoms with E-state index in [9.17, 15) is 10.1 Å². The van der Waals surface area contributed by atoms with Gasteiger partial charge in [-0.15, -0.1) is 11.3 Å². The Balaban J connectivity index is 1.77. The van der Waals surface area contributed by atoms with E-state index in [0.717, 1.165) is 27.8 Å². The molecule has 2 fully saturated rings. The van der Waals surface area contributed by atoms with Gasteiger partial charge in [0.15, 0.2) is 0 Å². The van der Waals surface area contributed by atoms with Gasteiger partial charge in [0.1, 0.15) is 11.1 Å². The number of nitrogens with zero attached hydrogens (tertiary/aromatic N) is 1. The topological polar surface area (TPSA) is 52.9 Å². The second-order valence-electron chi connectivity index (χ2n) is 5.87. The second-order valence-corrected chi connectivity index (χ2v) is 7.09. The summed E-state index contributed by atoms with van der Waals surface area (Å²) in [6, 6.07) is 2.21. The molecule has 0 saturated heterocycles. The van der Waals surface area contributed by atoms with E-state index in [4.69, 9.17) is 0 Å². The van der Waals surface area contributed by atoms with E-state index in [1.54, 1.807) is 0 Å². The van der Waals surface area contributed by atoms with E-state index >= 15 is 0 Å². The summed E-state index contributed by atoms with van der Waals surface area (Å²) in [7, 11) is 0. The third-order valence-corrected chi connectivity index (χ3v) is 5.93. The minimum Gasteiger partial charge on any atom is -0.316 e. The monoisotopic (exact) mass is 274 g/mol. The van der Waals surface area contributed by atoms with Crippen LogP contribution in [0.4, 0.5) is 5.00 Å². The molecule has 3 nitrogen and oxygen atoms in total. The maximum absolute atomic E-state index is 12.4. The molecule has 2 aliphatic carbocycles. The zero-order valence-corrected chi connectivity index (χ0v) is 12.1. The third-order valence-electron chi connectivity index (χ3n) is 4.81. The van der Waals surface area contributed by atoms with Gasteiger partial charge >= 0.3 is 0 Å². The number of rotatable bonds is 2. The van der Waals surface area contributed by atoms with Gasteiger partial charge in [-0.2, -0.15) is 5.26 Å². The zero-order chi connectivity index (χ0) is 13.6. The van der Waals surface area contributed by atoms with Gasteiger partial charge in [0.2, 0.25) is 5.91 Å². The summed E-state index contributed by atoms with van der Waals surface area (Å²) >= 11 is 1.52. The predicted octanol–water partition coefficient (Wildman–Crippen LogP) is 3.61. The smallest absolute Gasteiger partial charge is 0.228 e. The van der Waals surface area contributed by atoms with E-state index < -0.39 is 0 Å². The highest BCUT2D eigenvalue weighted by Crippen LogP contribution is 2.48. The van der Waals surface area contributed by atoms with Crippen LogP contribution in [0, 0.1) is 42.9 Å². The molecule has 0 spiro atoms. The molecule has 100 valence electrons. The summed E-state index contributed by atoms with van der Waals surface area (Å²) in [5.74, 6) is 1.65. The molecule has 0 radical (unpaired) electrons. The Morgan fingerprint density at radius 3 is 2.74 bits per heavy atom. The minimum atomic E-state index is 0.130. The van der Waals surface area contributed by atoms with Gasteiger partial charge in [0, 0.05) is 10.8 Å². The number of nitriles is 1. The highest BCUT2D eigenvalue weighted by Gasteiger charge is 2.43. The number of aryl methyl sites for hydroxylation is 1. The van der Waals surface area contributed by atoms with Gasteiger partial charge in [-0.3, -0.25) is 4.79 Å². The highest BCUT2D eigenvalue weighted by atomic mass is 32.1. The number of fused-ring (bicyclic) bond motifs is 2. The van der Waals surface area contributed by atoms with Gasteiger partial charge < -0.3 is 5.32 Å². The summed E-state index contributed by atoms with van der Waals surface area (Å²) < 4.78 is 0. The number of amides is 1. The average Bonchev–Trinajstić information content (AvgIpc) is 3.06. The standard InChI is InChI=1S/C15H18N2OS/c1-8-9(2)19-15(13(8)7-16)17-14(18)12-6-10-3-4-11(12)5-10/h10-12H,3-6H2,1-2H3,(H,17,18)/t10-,11-,12+/m1/s1. The molecule has 0 unspecified atom stereocenters. The van der Waals surface area contributed by atoms with Gasteiger partial charge in [-0.1, -0.05) is 6.42 Å². The minimum absolute atomic E-state index is 0.130. The molecule has 2 bridgehead atoms. The molecule has 0 aromatic carbocycles. The van der Waals surface area contributed by atoms with Crippen molar-refractivity contribution in [2.24, 2.45) is 17.8 Å². The molecule has 1 aromatic rings. The maximum Gasteiger partial charge on any atom is 0.228 e. The SMILES string of the molecule is Cc1sc(NC(=O)[C@H]2C[C@@H]3CC[C@@H]2C3)c(C#N)c1C. The molecule has 1 heterocycles. The molecular formula is C15H18N2OS. The van der Waals surface area contributed by atoms with Crippen LogP contribution >= 0.6 is 11.3 Å². The van der Waals surface area contributed by atoms with Crippen molar-refractivity contribution in [3.8, 4) is 6.07 Å².